The highest BCUT2D eigenvalue weighted by atomic mass is 32.1. The minimum absolute atomic E-state index is 0.0534. The second-order valence-corrected chi connectivity index (χ2v) is 6.75. The molecule has 0 aliphatic carbocycles. The van der Waals surface area contributed by atoms with Gasteiger partial charge in [0.2, 0.25) is 0 Å². The number of hydrogen-bond acceptors (Lipinski definition) is 7. The van der Waals surface area contributed by atoms with Crippen molar-refractivity contribution in [1.82, 2.24) is 0 Å². The third kappa shape index (κ3) is 1.66. The first-order valence-electron chi connectivity index (χ1n) is 6.88. The quantitative estimate of drug-likeness (QED) is 0.721. The van der Waals surface area contributed by atoms with E-state index in [9.17, 15) is 4.79 Å². The van der Waals surface area contributed by atoms with Gasteiger partial charge in [0.1, 0.15) is 26.4 Å². The Morgan fingerprint density at radius 2 is 1.18 bits per heavy atom. The minimum Gasteiger partial charge on any atom is -0.485 e. The largest absolute Gasteiger partial charge is 0.485 e. The second kappa shape index (κ2) is 4.50. The molecule has 1 aromatic carbocycles. The van der Waals surface area contributed by atoms with Crippen molar-refractivity contribution < 1.29 is 18.9 Å². The fourth-order valence-electron chi connectivity index (χ4n) is 2.67. The average molecular weight is 334 g/mol. The lowest BCUT2D eigenvalue weighted by molar-refractivity contribution is 0.174. The maximum absolute atomic E-state index is 12.3. The first-order valence-corrected chi connectivity index (χ1v) is 8.64. The molecule has 0 amide bonds. The van der Waals surface area contributed by atoms with E-state index < -0.39 is 0 Å². The highest BCUT2D eigenvalue weighted by molar-refractivity contribution is 7.15. The SMILES string of the molecule is O=c1c(-c2scc3c2OCCO3)c1-c1scc2c1OCCO2. The summed E-state index contributed by atoms with van der Waals surface area (Å²) in [4.78, 5) is 14.0. The van der Waals surface area contributed by atoms with E-state index >= 15 is 0 Å². The Labute approximate surface area is 133 Å². The van der Waals surface area contributed by atoms with E-state index in [2.05, 4.69) is 0 Å². The fourth-order valence-corrected chi connectivity index (χ4v) is 4.63. The Morgan fingerprint density at radius 3 is 1.68 bits per heavy atom. The zero-order valence-electron chi connectivity index (χ0n) is 11.3. The van der Waals surface area contributed by atoms with Gasteiger partial charge in [-0.15, -0.1) is 22.7 Å². The molecule has 0 saturated heterocycles. The van der Waals surface area contributed by atoms with Crippen molar-refractivity contribution in [3.63, 3.8) is 0 Å². The van der Waals surface area contributed by atoms with Gasteiger partial charge in [0.15, 0.2) is 28.4 Å². The molecule has 112 valence electrons. The van der Waals surface area contributed by atoms with Crippen LogP contribution in [0.25, 0.3) is 20.9 Å². The maximum Gasteiger partial charge on any atom is 0.197 e. The number of thiophene rings is 2. The van der Waals surface area contributed by atoms with E-state index in [4.69, 9.17) is 18.9 Å². The van der Waals surface area contributed by atoms with Gasteiger partial charge in [-0.05, 0) is 0 Å². The Kier molecular flexibility index (Phi) is 2.57. The van der Waals surface area contributed by atoms with Crippen molar-refractivity contribution >= 4 is 22.7 Å². The molecule has 7 heteroatoms. The van der Waals surface area contributed by atoms with Crippen LogP contribution in [0.2, 0.25) is 0 Å². The molecular weight excluding hydrogens is 324 g/mol. The molecule has 0 bridgehead atoms. The lowest BCUT2D eigenvalue weighted by Gasteiger charge is -2.15. The number of hydrogen-bond donors (Lipinski definition) is 0. The number of fused-ring (bicyclic) bond motifs is 2. The maximum atomic E-state index is 12.3. The van der Waals surface area contributed by atoms with Gasteiger partial charge < -0.3 is 18.9 Å². The molecule has 0 spiro atoms. The Morgan fingerprint density at radius 1 is 0.727 bits per heavy atom. The van der Waals surface area contributed by atoms with Crippen LogP contribution in [0.4, 0.5) is 0 Å². The van der Waals surface area contributed by atoms with E-state index in [0.717, 1.165) is 32.4 Å². The van der Waals surface area contributed by atoms with Crippen molar-refractivity contribution in [2.24, 2.45) is 0 Å². The summed E-state index contributed by atoms with van der Waals surface area (Å²) in [6.07, 6.45) is 0. The van der Waals surface area contributed by atoms with Gasteiger partial charge >= 0.3 is 0 Å². The van der Waals surface area contributed by atoms with Gasteiger partial charge in [-0.2, -0.15) is 0 Å². The summed E-state index contributed by atoms with van der Waals surface area (Å²) < 4.78 is 22.4. The monoisotopic (exact) mass is 334 g/mol. The van der Waals surface area contributed by atoms with Crippen LogP contribution in [0.1, 0.15) is 0 Å². The van der Waals surface area contributed by atoms with Crippen molar-refractivity contribution in [2.75, 3.05) is 26.4 Å². The standard InChI is InChI=1S/C15H10O5S2/c16-11-9(14-12-7(5-21-14)17-1-3-19-12)10(11)15-13-8(6-22-15)18-2-4-20-13/h5-6H,1-4H2. The average Bonchev–Trinajstić information content (AvgIpc) is 2.95. The van der Waals surface area contributed by atoms with Crippen molar-refractivity contribution in [3.05, 3.63) is 21.0 Å². The van der Waals surface area contributed by atoms with Crippen molar-refractivity contribution in [2.45, 2.75) is 0 Å². The van der Waals surface area contributed by atoms with E-state index in [-0.39, 0.29) is 5.43 Å². The zero-order chi connectivity index (χ0) is 14.7. The fraction of sp³-hybridized carbons (Fsp3) is 0.267. The van der Waals surface area contributed by atoms with Gasteiger partial charge in [-0.3, -0.25) is 4.79 Å². The van der Waals surface area contributed by atoms with Crippen LogP contribution in [-0.2, 0) is 0 Å². The Bertz CT molecular complexity index is 811. The van der Waals surface area contributed by atoms with Gasteiger partial charge in [0.25, 0.3) is 0 Å². The molecule has 2 aliphatic rings. The molecular formula is C15H10O5S2. The van der Waals surface area contributed by atoms with Crippen LogP contribution in [0.5, 0.6) is 23.0 Å². The molecule has 0 fully saturated rings. The van der Waals surface area contributed by atoms with E-state index in [1.165, 1.54) is 22.7 Å². The van der Waals surface area contributed by atoms with Gasteiger partial charge in [-0.25, -0.2) is 0 Å². The van der Waals surface area contributed by atoms with Crippen LogP contribution in [-0.4, -0.2) is 26.4 Å². The van der Waals surface area contributed by atoms with Crippen LogP contribution in [0.15, 0.2) is 15.6 Å². The van der Waals surface area contributed by atoms with E-state index in [1.807, 2.05) is 10.8 Å². The smallest absolute Gasteiger partial charge is 0.197 e. The molecule has 0 radical (unpaired) electrons. The second-order valence-electron chi connectivity index (χ2n) is 4.99. The predicted octanol–water partition coefficient (Wildman–Crippen LogP) is 2.92. The Hall–Kier alpha value is -1.99. The number of rotatable bonds is 2. The lowest BCUT2D eigenvalue weighted by Crippen LogP contribution is -2.14. The summed E-state index contributed by atoms with van der Waals surface area (Å²) in [5.41, 5.74) is 1.49. The molecule has 5 rings (SSSR count). The summed E-state index contributed by atoms with van der Waals surface area (Å²) in [6.45, 7) is 2.12. The highest BCUT2D eigenvalue weighted by Gasteiger charge is 2.35. The normalized spacial score (nSPS) is 16.2. The van der Waals surface area contributed by atoms with Gasteiger partial charge in [-0.1, -0.05) is 0 Å². The van der Waals surface area contributed by atoms with Crippen molar-refractivity contribution in [3.8, 4) is 43.9 Å². The first kappa shape index (κ1) is 12.5. The number of ether oxygens (including phenoxy) is 4. The molecule has 0 saturated carbocycles. The molecule has 0 unspecified atom stereocenters. The molecule has 3 aromatic rings. The van der Waals surface area contributed by atoms with Gasteiger partial charge in [0.05, 0.1) is 20.9 Å². The molecule has 0 N–H and O–H groups in total. The molecule has 0 atom stereocenters. The lowest BCUT2D eigenvalue weighted by atomic mass is 10.2. The van der Waals surface area contributed by atoms with E-state index in [0.29, 0.717) is 37.9 Å². The zero-order valence-corrected chi connectivity index (χ0v) is 13.0. The van der Waals surface area contributed by atoms with E-state index in [1.54, 1.807) is 0 Å². The highest BCUT2D eigenvalue weighted by Crippen LogP contribution is 2.53. The van der Waals surface area contributed by atoms with Crippen molar-refractivity contribution in [1.29, 1.82) is 0 Å². The minimum atomic E-state index is 0.0534. The van der Waals surface area contributed by atoms with Crippen LogP contribution >= 0.6 is 22.7 Å². The van der Waals surface area contributed by atoms with Gasteiger partial charge in [0, 0.05) is 10.8 Å². The molecule has 2 aromatic heterocycles. The Balaban J connectivity index is 1.59. The predicted molar refractivity (Wildman–Crippen MR) is 83.7 cm³/mol. The topological polar surface area (TPSA) is 54.0 Å². The summed E-state index contributed by atoms with van der Waals surface area (Å²) in [5, 5.41) is 3.78. The van der Waals surface area contributed by atoms with Crippen LogP contribution in [0, 0.1) is 0 Å². The van der Waals surface area contributed by atoms with Crippen LogP contribution in [0.3, 0.4) is 0 Å². The summed E-state index contributed by atoms with van der Waals surface area (Å²) in [7, 11) is 0. The first-order chi connectivity index (χ1) is 10.8. The third-order valence-electron chi connectivity index (χ3n) is 3.70. The third-order valence-corrected chi connectivity index (χ3v) is 5.61. The summed E-state index contributed by atoms with van der Waals surface area (Å²) in [5.74, 6) is 2.84. The molecule has 22 heavy (non-hydrogen) atoms. The molecule has 4 heterocycles. The summed E-state index contributed by atoms with van der Waals surface area (Å²) >= 11 is 2.96. The van der Waals surface area contributed by atoms with Crippen LogP contribution < -0.4 is 24.4 Å². The summed E-state index contributed by atoms with van der Waals surface area (Å²) in [6, 6.07) is 0. The molecule has 2 aliphatic heterocycles. The molecule has 5 nitrogen and oxygen atoms in total.